The molecule has 0 unspecified atom stereocenters. The van der Waals surface area contributed by atoms with Gasteiger partial charge < -0.3 is 14.5 Å². The Bertz CT molecular complexity index is 750. The summed E-state index contributed by atoms with van der Waals surface area (Å²) in [6.07, 6.45) is 1.88. The van der Waals surface area contributed by atoms with Crippen LogP contribution in [0.15, 0.2) is 46.9 Å². The van der Waals surface area contributed by atoms with Gasteiger partial charge in [-0.2, -0.15) is 0 Å². The van der Waals surface area contributed by atoms with Gasteiger partial charge in [0.05, 0.1) is 12.5 Å². The number of carbonyl (C=O) groups is 1. The van der Waals surface area contributed by atoms with Crippen LogP contribution in [0.4, 0.5) is 5.69 Å². The highest BCUT2D eigenvalue weighted by atomic mass is 16.5. The number of carbonyl (C=O) groups excluding carboxylic acids is 1. The quantitative estimate of drug-likeness (QED) is 0.914. The van der Waals surface area contributed by atoms with Crippen molar-refractivity contribution < 1.29 is 13.9 Å². The van der Waals surface area contributed by atoms with Gasteiger partial charge in [-0.05, 0) is 44.0 Å². The number of nitrogens with zero attached hydrogens (tertiary/aromatic N) is 1. The zero-order valence-electron chi connectivity index (χ0n) is 15.2. The molecule has 2 aromatic rings. The van der Waals surface area contributed by atoms with Crippen molar-refractivity contribution in [2.75, 3.05) is 31.6 Å². The maximum absolute atomic E-state index is 13.1. The molecule has 0 aliphatic carbocycles. The van der Waals surface area contributed by atoms with Gasteiger partial charge in [0.25, 0.3) is 0 Å². The summed E-state index contributed by atoms with van der Waals surface area (Å²) < 4.78 is 11.3. The van der Waals surface area contributed by atoms with E-state index in [2.05, 4.69) is 10.2 Å². The topological polar surface area (TPSA) is 54.7 Å². The number of hydrogen-bond acceptors (Lipinski definition) is 4. The van der Waals surface area contributed by atoms with Gasteiger partial charge in [0.1, 0.15) is 11.5 Å². The third-order valence-electron chi connectivity index (χ3n) is 5.74. The Labute approximate surface area is 154 Å². The number of hydrogen-bond donors (Lipinski definition) is 1. The van der Waals surface area contributed by atoms with E-state index < -0.39 is 0 Å². The summed E-state index contributed by atoms with van der Waals surface area (Å²) in [5.41, 5.74) is 0.860. The fourth-order valence-electron chi connectivity index (χ4n) is 4.38. The number of likely N-dealkylation sites (tertiary alicyclic amines) is 1. The number of nitrogens with one attached hydrogen (secondary N) is 1. The third kappa shape index (κ3) is 3.55. The minimum atomic E-state index is -0.0253. The van der Waals surface area contributed by atoms with Crippen molar-refractivity contribution in [1.82, 2.24) is 4.90 Å². The first-order chi connectivity index (χ1) is 12.6. The van der Waals surface area contributed by atoms with E-state index in [-0.39, 0.29) is 17.2 Å². The van der Waals surface area contributed by atoms with Gasteiger partial charge in [0.2, 0.25) is 5.91 Å². The summed E-state index contributed by atoms with van der Waals surface area (Å²) in [5, 5.41) is 3.11. The Morgan fingerprint density at radius 2 is 1.96 bits per heavy atom. The van der Waals surface area contributed by atoms with Crippen LogP contribution in [0.2, 0.25) is 0 Å². The number of para-hydroxylation sites is 1. The Morgan fingerprint density at radius 1 is 1.19 bits per heavy atom. The lowest BCUT2D eigenvalue weighted by Crippen LogP contribution is -2.42. The highest BCUT2D eigenvalue weighted by Gasteiger charge is 2.50. The van der Waals surface area contributed by atoms with Crippen LogP contribution in [0.5, 0.6) is 0 Å². The Balaban J connectivity index is 1.51. The van der Waals surface area contributed by atoms with E-state index >= 15 is 0 Å². The molecule has 1 aromatic carbocycles. The summed E-state index contributed by atoms with van der Waals surface area (Å²) in [4.78, 5) is 15.4. The molecule has 138 valence electrons. The molecule has 1 N–H and O–H groups in total. The second-order valence-corrected chi connectivity index (χ2v) is 7.56. The van der Waals surface area contributed by atoms with E-state index in [4.69, 9.17) is 9.15 Å². The maximum atomic E-state index is 13.1. The maximum Gasteiger partial charge on any atom is 0.229 e. The van der Waals surface area contributed by atoms with Crippen molar-refractivity contribution in [3.63, 3.8) is 0 Å². The SMILES string of the molecule is Cc1ccc(CN2C[C@H](C(=O)Nc3ccccc3)C3(CCOCC3)C2)o1. The molecule has 5 nitrogen and oxygen atoms in total. The zero-order chi connectivity index (χ0) is 18.0. The van der Waals surface area contributed by atoms with Gasteiger partial charge in [0, 0.05) is 37.4 Å². The smallest absolute Gasteiger partial charge is 0.229 e. The predicted molar refractivity (Wildman–Crippen MR) is 99.8 cm³/mol. The van der Waals surface area contributed by atoms with E-state index in [0.29, 0.717) is 0 Å². The van der Waals surface area contributed by atoms with E-state index in [1.165, 1.54) is 0 Å². The monoisotopic (exact) mass is 354 g/mol. The van der Waals surface area contributed by atoms with E-state index in [0.717, 1.165) is 62.9 Å². The first kappa shape index (κ1) is 17.3. The number of furan rings is 1. The molecule has 4 rings (SSSR count). The summed E-state index contributed by atoms with van der Waals surface area (Å²) in [7, 11) is 0. The number of anilines is 1. The van der Waals surface area contributed by atoms with E-state index in [9.17, 15) is 4.79 Å². The molecule has 1 amide bonds. The normalized spacial score (nSPS) is 22.6. The lowest BCUT2D eigenvalue weighted by Gasteiger charge is -2.37. The minimum Gasteiger partial charge on any atom is -0.465 e. The van der Waals surface area contributed by atoms with Crippen molar-refractivity contribution in [2.24, 2.45) is 11.3 Å². The van der Waals surface area contributed by atoms with Crippen LogP contribution in [0, 0.1) is 18.3 Å². The summed E-state index contributed by atoms with van der Waals surface area (Å²) in [5.74, 6) is 1.99. The Kier molecular flexibility index (Phi) is 4.83. The molecule has 5 heteroatoms. The number of benzene rings is 1. The number of amides is 1. The lowest BCUT2D eigenvalue weighted by molar-refractivity contribution is -0.124. The number of ether oxygens (including phenoxy) is 1. The Morgan fingerprint density at radius 3 is 2.65 bits per heavy atom. The first-order valence-corrected chi connectivity index (χ1v) is 9.36. The van der Waals surface area contributed by atoms with Crippen molar-refractivity contribution in [2.45, 2.75) is 26.3 Å². The number of rotatable bonds is 4. The molecule has 2 aliphatic heterocycles. The second kappa shape index (κ2) is 7.25. The largest absolute Gasteiger partial charge is 0.465 e. The average Bonchev–Trinajstić information content (AvgIpc) is 3.20. The average molecular weight is 354 g/mol. The molecule has 1 aromatic heterocycles. The molecule has 2 saturated heterocycles. The fraction of sp³-hybridized carbons (Fsp3) is 0.476. The molecule has 0 saturated carbocycles. The molecule has 0 bridgehead atoms. The third-order valence-corrected chi connectivity index (χ3v) is 5.74. The van der Waals surface area contributed by atoms with Crippen LogP contribution in [0.25, 0.3) is 0 Å². The van der Waals surface area contributed by atoms with Gasteiger partial charge in [-0.15, -0.1) is 0 Å². The van der Waals surface area contributed by atoms with Gasteiger partial charge in [-0.25, -0.2) is 0 Å². The van der Waals surface area contributed by atoms with Crippen LogP contribution in [-0.4, -0.2) is 37.1 Å². The van der Waals surface area contributed by atoms with Crippen LogP contribution < -0.4 is 5.32 Å². The predicted octanol–water partition coefficient (Wildman–Crippen LogP) is 3.46. The van der Waals surface area contributed by atoms with Crippen LogP contribution >= 0.6 is 0 Å². The summed E-state index contributed by atoms with van der Waals surface area (Å²) >= 11 is 0. The zero-order valence-corrected chi connectivity index (χ0v) is 15.2. The summed E-state index contributed by atoms with van der Waals surface area (Å²) in [6, 6.07) is 13.7. The van der Waals surface area contributed by atoms with E-state index in [1.807, 2.05) is 49.4 Å². The molecule has 1 atom stereocenters. The highest BCUT2D eigenvalue weighted by molar-refractivity contribution is 5.93. The van der Waals surface area contributed by atoms with Crippen molar-refractivity contribution in [3.8, 4) is 0 Å². The molecule has 2 fully saturated rings. The molecule has 1 spiro atoms. The van der Waals surface area contributed by atoms with Crippen molar-refractivity contribution in [1.29, 1.82) is 0 Å². The molecule has 2 aliphatic rings. The molecular formula is C21H26N2O3. The second-order valence-electron chi connectivity index (χ2n) is 7.56. The fourth-order valence-corrected chi connectivity index (χ4v) is 4.38. The molecule has 0 radical (unpaired) electrons. The molecular weight excluding hydrogens is 328 g/mol. The van der Waals surface area contributed by atoms with Gasteiger partial charge >= 0.3 is 0 Å². The van der Waals surface area contributed by atoms with Crippen LogP contribution in [0.1, 0.15) is 24.4 Å². The van der Waals surface area contributed by atoms with Crippen LogP contribution in [0.3, 0.4) is 0 Å². The lowest BCUT2D eigenvalue weighted by atomic mass is 9.71. The van der Waals surface area contributed by atoms with Gasteiger partial charge in [0.15, 0.2) is 0 Å². The van der Waals surface area contributed by atoms with Gasteiger partial charge in [-0.1, -0.05) is 18.2 Å². The minimum absolute atomic E-state index is 0.00124. The van der Waals surface area contributed by atoms with Crippen molar-refractivity contribution in [3.05, 3.63) is 54.0 Å². The Hall–Kier alpha value is -2.11. The molecule has 26 heavy (non-hydrogen) atoms. The van der Waals surface area contributed by atoms with Crippen molar-refractivity contribution >= 4 is 11.6 Å². The van der Waals surface area contributed by atoms with Gasteiger partial charge in [-0.3, -0.25) is 9.69 Å². The van der Waals surface area contributed by atoms with E-state index in [1.54, 1.807) is 0 Å². The summed E-state index contributed by atoms with van der Waals surface area (Å²) in [6.45, 7) is 5.88. The highest BCUT2D eigenvalue weighted by Crippen LogP contribution is 2.45. The molecule has 3 heterocycles. The first-order valence-electron chi connectivity index (χ1n) is 9.36. The standard InChI is InChI=1S/C21H26N2O3/c1-16-7-8-18(26-16)13-23-14-19(21(15-23)9-11-25-12-10-21)20(24)22-17-5-3-2-4-6-17/h2-8,19H,9-15H2,1H3,(H,22,24)/t19-/m1/s1. The van der Waals surface area contributed by atoms with Crippen LogP contribution in [-0.2, 0) is 16.1 Å². The number of aryl methyl sites for hydroxylation is 1.